The Kier molecular flexibility index (Phi) is 5.18. The lowest BCUT2D eigenvalue weighted by Crippen LogP contribution is -2.28. The fraction of sp³-hybridized carbons (Fsp3) is 0.500. The highest BCUT2D eigenvalue weighted by atomic mass is 16.2. The zero-order valence-electron chi connectivity index (χ0n) is 13.6. The molecule has 2 aromatic rings. The van der Waals surface area contributed by atoms with E-state index in [1.54, 1.807) is 12.4 Å². The first-order chi connectivity index (χ1) is 11.3. The normalized spacial score (nSPS) is 14.0. The molecule has 0 aliphatic heterocycles. The molecule has 0 aromatic carbocycles. The van der Waals surface area contributed by atoms with Gasteiger partial charge >= 0.3 is 0 Å². The Hall–Kier alpha value is -2.01. The first kappa shape index (κ1) is 15.9. The SMILES string of the molecule is CCc1cc(N(CCCCO)C2CC2)nc(-c2ccncc2)n1. The van der Waals surface area contributed by atoms with Crippen LogP contribution in [-0.2, 0) is 6.42 Å². The number of aliphatic hydroxyl groups excluding tert-OH is 1. The topological polar surface area (TPSA) is 62.1 Å². The van der Waals surface area contributed by atoms with Crippen LogP contribution in [0.5, 0.6) is 0 Å². The van der Waals surface area contributed by atoms with Gasteiger partial charge in [-0.2, -0.15) is 0 Å². The number of anilines is 1. The number of pyridine rings is 1. The molecule has 0 bridgehead atoms. The fourth-order valence-electron chi connectivity index (χ4n) is 2.71. The largest absolute Gasteiger partial charge is 0.396 e. The van der Waals surface area contributed by atoms with Gasteiger partial charge in [-0.05, 0) is 44.2 Å². The molecular formula is C18H24N4O. The summed E-state index contributed by atoms with van der Waals surface area (Å²) in [6, 6.07) is 6.61. The fourth-order valence-corrected chi connectivity index (χ4v) is 2.71. The second-order valence-corrected chi connectivity index (χ2v) is 5.99. The maximum absolute atomic E-state index is 9.03. The van der Waals surface area contributed by atoms with E-state index in [-0.39, 0.29) is 6.61 Å². The van der Waals surface area contributed by atoms with Gasteiger partial charge < -0.3 is 10.0 Å². The van der Waals surface area contributed by atoms with E-state index in [1.165, 1.54) is 12.8 Å². The molecule has 0 unspecified atom stereocenters. The average molecular weight is 312 g/mol. The predicted octanol–water partition coefficient (Wildman–Crippen LogP) is 2.84. The molecule has 1 N–H and O–H groups in total. The van der Waals surface area contributed by atoms with Crippen molar-refractivity contribution >= 4 is 5.82 Å². The Bertz CT molecular complexity index is 628. The molecule has 1 fully saturated rings. The van der Waals surface area contributed by atoms with Crippen LogP contribution in [0.25, 0.3) is 11.4 Å². The first-order valence-corrected chi connectivity index (χ1v) is 8.47. The standard InChI is InChI=1S/C18H24N4O/c1-2-15-13-17(22(16-5-6-16)11-3-4-12-23)21-18(20-15)14-7-9-19-10-8-14/h7-10,13,16,23H,2-6,11-12H2,1H3. The quantitative estimate of drug-likeness (QED) is 0.759. The molecule has 5 nitrogen and oxygen atoms in total. The number of nitrogens with zero attached hydrogens (tertiary/aromatic N) is 4. The third kappa shape index (κ3) is 4.05. The van der Waals surface area contributed by atoms with Crippen molar-refractivity contribution in [2.45, 2.75) is 45.1 Å². The summed E-state index contributed by atoms with van der Waals surface area (Å²) in [5.41, 5.74) is 2.07. The zero-order chi connectivity index (χ0) is 16.1. The second kappa shape index (κ2) is 7.51. The van der Waals surface area contributed by atoms with E-state index in [9.17, 15) is 0 Å². The van der Waals surface area contributed by atoms with Crippen molar-refractivity contribution in [3.05, 3.63) is 36.3 Å². The van der Waals surface area contributed by atoms with Gasteiger partial charge in [-0.15, -0.1) is 0 Å². The van der Waals surface area contributed by atoms with E-state index in [0.717, 1.165) is 48.7 Å². The van der Waals surface area contributed by atoms with Crippen molar-refractivity contribution < 1.29 is 5.11 Å². The van der Waals surface area contributed by atoms with Crippen LogP contribution < -0.4 is 4.90 Å². The predicted molar refractivity (Wildman–Crippen MR) is 91.3 cm³/mol. The van der Waals surface area contributed by atoms with Gasteiger partial charge in [0.05, 0.1) is 0 Å². The summed E-state index contributed by atoms with van der Waals surface area (Å²) in [7, 11) is 0. The second-order valence-electron chi connectivity index (χ2n) is 5.99. The maximum atomic E-state index is 9.03. The Balaban J connectivity index is 1.90. The van der Waals surface area contributed by atoms with E-state index in [0.29, 0.717) is 6.04 Å². The number of unbranched alkanes of at least 4 members (excludes halogenated alkanes) is 1. The summed E-state index contributed by atoms with van der Waals surface area (Å²) in [6.45, 7) is 3.32. The van der Waals surface area contributed by atoms with Gasteiger partial charge in [0.15, 0.2) is 5.82 Å². The van der Waals surface area contributed by atoms with Crippen LogP contribution in [0.2, 0.25) is 0 Å². The highest BCUT2D eigenvalue weighted by molar-refractivity contribution is 5.57. The number of aliphatic hydroxyl groups is 1. The van der Waals surface area contributed by atoms with Gasteiger partial charge in [0.1, 0.15) is 5.82 Å². The molecule has 0 radical (unpaired) electrons. The molecule has 5 heteroatoms. The summed E-state index contributed by atoms with van der Waals surface area (Å²) in [5.74, 6) is 1.79. The molecule has 1 aliphatic carbocycles. The van der Waals surface area contributed by atoms with Crippen LogP contribution in [0.15, 0.2) is 30.6 Å². The van der Waals surface area contributed by atoms with Crippen molar-refractivity contribution in [3.63, 3.8) is 0 Å². The Morgan fingerprint density at radius 2 is 1.96 bits per heavy atom. The van der Waals surface area contributed by atoms with Gasteiger partial charge in [-0.3, -0.25) is 4.98 Å². The first-order valence-electron chi connectivity index (χ1n) is 8.47. The van der Waals surface area contributed by atoms with E-state index >= 15 is 0 Å². The van der Waals surface area contributed by atoms with Crippen LogP contribution >= 0.6 is 0 Å². The van der Waals surface area contributed by atoms with Gasteiger partial charge in [0.25, 0.3) is 0 Å². The molecule has 1 saturated carbocycles. The van der Waals surface area contributed by atoms with Gasteiger partial charge in [-0.1, -0.05) is 6.92 Å². The number of aromatic nitrogens is 3. The molecular weight excluding hydrogens is 288 g/mol. The lowest BCUT2D eigenvalue weighted by molar-refractivity contribution is 0.285. The molecule has 2 aromatic heterocycles. The molecule has 2 heterocycles. The van der Waals surface area contributed by atoms with Crippen LogP contribution in [0, 0.1) is 0 Å². The number of hydrogen-bond acceptors (Lipinski definition) is 5. The summed E-state index contributed by atoms with van der Waals surface area (Å²) in [4.78, 5) is 16.0. The number of hydrogen-bond donors (Lipinski definition) is 1. The van der Waals surface area contributed by atoms with Crippen molar-refractivity contribution in [3.8, 4) is 11.4 Å². The summed E-state index contributed by atoms with van der Waals surface area (Å²) in [6.07, 6.45) is 8.73. The zero-order valence-corrected chi connectivity index (χ0v) is 13.6. The minimum absolute atomic E-state index is 0.255. The summed E-state index contributed by atoms with van der Waals surface area (Å²) in [5, 5.41) is 9.03. The number of rotatable bonds is 8. The molecule has 122 valence electrons. The third-order valence-electron chi connectivity index (χ3n) is 4.16. The lowest BCUT2D eigenvalue weighted by atomic mass is 10.2. The molecule has 3 rings (SSSR count). The van der Waals surface area contributed by atoms with Crippen LogP contribution in [0.3, 0.4) is 0 Å². The lowest BCUT2D eigenvalue weighted by Gasteiger charge is -2.24. The molecule has 0 saturated heterocycles. The maximum Gasteiger partial charge on any atom is 0.161 e. The molecule has 0 spiro atoms. The number of aryl methyl sites for hydroxylation is 1. The third-order valence-corrected chi connectivity index (χ3v) is 4.16. The molecule has 0 amide bonds. The van der Waals surface area contributed by atoms with Crippen molar-refractivity contribution in [2.24, 2.45) is 0 Å². The van der Waals surface area contributed by atoms with E-state index in [4.69, 9.17) is 10.1 Å². The molecule has 23 heavy (non-hydrogen) atoms. The van der Waals surface area contributed by atoms with Crippen LogP contribution in [0.4, 0.5) is 5.82 Å². The van der Waals surface area contributed by atoms with Crippen molar-refractivity contribution in [1.82, 2.24) is 15.0 Å². The minimum Gasteiger partial charge on any atom is -0.396 e. The van der Waals surface area contributed by atoms with E-state index < -0.39 is 0 Å². The monoisotopic (exact) mass is 312 g/mol. The summed E-state index contributed by atoms with van der Waals surface area (Å²) < 4.78 is 0. The Morgan fingerprint density at radius 3 is 2.61 bits per heavy atom. The minimum atomic E-state index is 0.255. The highest BCUT2D eigenvalue weighted by Crippen LogP contribution is 2.32. The molecule has 0 atom stereocenters. The van der Waals surface area contributed by atoms with Crippen molar-refractivity contribution in [1.29, 1.82) is 0 Å². The van der Waals surface area contributed by atoms with Gasteiger partial charge in [0.2, 0.25) is 0 Å². The summed E-state index contributed by atoms with van der Waals surface area (Å²) >= 11 is 0. The van der Waals surface area contributed by atoms with Crippen molar-refractivity contribution in [2.75, 3.05) is 18.1 Å². The van der Waals surface area contributed by atoms with E-state index in [1.807, 2.05) is 12.1 Å². The van der Waals surface area contributed by atoms with Gasteiger partial charge in [0, 0.05) is 48.9 Å². The molecule has 1 aliphatic rings. The van der Waals surface area contributed by atoms with Crippen LogP contribution in [-0.4, -0.2) is 39.3 Å². The highest BCUT2D eigenvalue weighted by Gasteiger charge is 2.30. The van der Waals surface area contributed by atoms with Crippen LogP contribution in [0.1, 0.15) is 38.3 Å². The smallest absolute Gasteiger partial charge is 0.161 e. The Morgan fingerprint density at radius 1 is 1.17 bits per heavy atom. The van der Waals surface area contributed by atoms with E-state index in [2.05, 4.69) is 27.9 Å². The Labute approximate surface area is 137 Å². The average Bonchev–Trinajstić information content (AvgIpc) is 3.44. The van der Waals surface area contributed by atoms with Gasteiger partial charge in [-0.25, -0.2) is 9.97 Å².